The molecule has 1 aliphatic heterocycles. The molecule has 94 valence electrons. The fourth-order valence-electron chi connectivity index (χ4n) is 1.61. The van der Waals surface area contributed by atoms with Crippen molar-refractivity contribution in [3.8, 4) is 0 Å². The molecule has 3 atom stereocenters. The van der Waals surface area contributed by atoms with E-state index in [9.17, 15) is 4.79 Å². The molecule has 1 rings (SSSR count). The van der Waals surface area contributed by atoms with Gasteiger partial charge in [-0.1, -0.05) is 0 Å². The molecule has 1 aliphatic rings. The lowest BCUT2D eigenvalue weighted by Gasteiger charge is -2.22. The van der Waals surface area contributed by atoms with Gasteiger partial charge in [0.1, 0.15) is 0 Å². The van der Waals surface area contributed by atoms with Gasteiger partial charge in [0, 0.05) is 17.9 Å². The van der Waals surface area contributed by atoms with Crippen molar-refractivity contribution >= 4 is 17.8 Å². The van der Waals surface area contributed by atoms with Crippen molar-refractivity contribution in [3.63, 3.8) is 0 Å². The molecule has 3 N–H and O–H groups in total. The van der Waals surface area contributed by atoms with E-state index in [1.807, 2.05) is 13.2 Å². The lowest BCUT2D eigenvalue weighted by molar-refractivity contribution is 0.188. The second-order valence-electron chi connectivity index (χ2n) is 3.92. The first-order valence-corrected chi connectivity index (χ1v) is 6.74. The molecule has 1 fully saturated rings. The van der Waals surface area contributed by atoms with Gasteiger partial charge in [-0.05, 0) is 19.6 Å². The molecule has 0 aliphatic carbocycles. The van der Waals surface area contributed by atoms with Crippen LogP contribution >= 0.6 is 11.8 Å². The molecule has 0 spiro atoms. The molecule has 0 aromatic rings. The minimum Gasteiger partial charge on any atom is -0.395 e. The van der Waals surface area contributed by atoms with Crippen molar-refractivity contribution in [1.82, 2.24) is 10.6 Å². The molecule has 1 saturated heterocycles. The van der Waals surface area contributed by atoms with Crippen LogP contribution in [0.5, 0.6) is 0 Å². The summed E-state index contributed by atoms with van der Waals surface area (Å²) in [6.45, 7) is 3.26. The highest BCUT2D eigenvalue weighted by atomic mass is 32.2. The van der Waals surface area contributed by atoms with Crippen LogP contribution in [0.15, 0.2) is 0 Å². The van der Waals surface area contributed by atoms with Crippen LogP contribution < -0.4 is 10.6 Å². The zero-order valence-electron chi connectivity index (χ0n) is 9.73. The topological polar surface area (TPSA) is 70.6 Å². The molecule has 2 amide bonds. The molecule has 3 unspecified atom stereocenters. The standard InChI is InChI=1S/C10H20N2O3S/c1-7(9(5-13)16-2)11-10(14)12-8-3-4-15-6-8/h7-9,13H,3-6H2,1-2H3,(H2,11,12,14). The first-order valence-electron chi connectivity index (χ1n) is 5.45. The number of hydrogen-bond donors (Lipinski definition) is 3. The van der Waals surface area contributed by atoms with Gasteiger partial charge in [-0.25, -0.2) is 4.79 Å². The summed E-state index contributed by atoms with van der Waals surface area (Å²) in [7, 11) is 0. The Hall–Kier alpha value is -0.460. The Morgan fingerprint density at radius 3 is 2.94 bits per heavy atom. The largest absolute Gasteiger partial charge is 0.395 e. The molecule has 0 bridgehead atoms. The third-order valence-electron chi connectivity index (χ3n) is 2.66. The van der Waals surface area contributed by atoms with E-state index in [4.69, 9.17) is 9.84 Å². The molecule has 16 heavy (non-hydrogen) atoms. The van der Waals surface area contributed by atoms with Crippen LogP contribution in [0.4, 0.5) is 4.79 Å². The Morgan fingerprint density at radius 1 is 1.69 bits per heavy atom. The van der Waals surface area contributed by atoms with Crippen LogP contribution in [0.3, 0.4) is 0 Å². The molecule has 5 nitrogen and oxygen atoms in total. The average molecular weight is 248 g/mol. The molecule has 6 heteroatoms. The van der Waals surface area contributed by atoms with Crippen molar-refractivity contribution in [1.29, 1.82) is 0 Å². The maximum atomic E-state index is 11.6. The second kappa shape index (κ2) is 6.98. The average Bonchev–Trinajstić information content (AvgIpc) is 2.71. The third kappa shape index (κ3) is 4.19. The number of urea groups is 1. The lowest BCUT2D eigenvalue weighted by Crippen LogP contribution is -2.49. The van der Waals surface area contributed by atoms with Crippen LogP contribution in [0.2, 0.25) is 0 Å². The van der Waals surface area contributed by atoms with Gasteiger partial charge in [0.2, 0.25) is 0 Å². The van der Waals surface area contributed by atoms with Crippen molar-refractivity contribution in [2.24, 2.45) is 0 Å². The third-order valence-corrected chi connectivity index (χ3v) is 3.83. The van der Waals surface area contributed by atoms with Crippen LogP contribution in [-0.4, -0.2) is 54.5 Å². The van der Waals surface area contributed by atoms with Crippen LogP contribution in [0.25, 0.3) is 0 Å². The van der Waals surface area contributed by atoms with Gasteiger partial charge >= 0.3 is 6.03 Å². The zero-order chi connectivity index (χ0) is 12.0. The van der Waals surface area contributed by atoms with Gasteiger partial charge in [0.05, 0.1) is 19.3 Å². The predicted octanol–water partition coefficient (Wildman–Crippen LogP) is 0.187. The fourth-order valence-corrected chi connectivity index (χ4v) is 2.24. The van der Waals surface area contributed by atoms with Crippen LogP contribution in [-0.2, 0) is 4.74 Å². The van der Waals surface area contributed by atoms with Crippen molar-refractivity contribution in [2.45, 2.75) is 30.7 Å². The molecule has 0 aromatic carbocycles. The van der Waals surface area contributed by atoms with E-state index in [2.05, 4.69) is 10.6 Å². The maximum absolute atomic E-state index is 11.6. The number of rotatable bonds is 5. The minimum absolute atomic E-state index is 0.0329. The highest BCUT2D eigenvalue weighted by Crippen LogP contribution is 2.10. The van der Waals surface area contributed by atoms with Crippen LogP contribution in [0.1, 0.15) is 13.3 Å². The van der Waals surface area contributed by atoms with E-state index < -0.39 is 0 Å². The van der Waals surface area contributed by atoms with Gasteiger partial charge in [-0.15, -0.1) is 0 Å². The summed E-state index contributed by atoms with van der Waals surface area (Å²) in [5.74, 6) is 0. The highest BCUT2D eigenvalue weighted by molar-refractivity contribution is 7.99. The normalized spacial score (nSPS) is 23.8. The Labute approximate surface area is 100 Å². The quantitative estimate of drug-likeness (QED) is 0.649. The molecule has 0 radical (unpaired) electrons. The Balaban J connectivity index is 2.26. The number of aliphatic hydroxyl groups is 1. The second-order valence-corrected chi connectivity index (χ2v) is 5.00. The van der Waals surface area contributed by atoms with E-state index in [1.54, 1.807) is 11.8 Å². The van der Waals surface area contributed by atoms with Gasteiger partial charge in [0.25, 0.3) is 0 Å². The number of hydrogen-bond acceptors (Lipinski definition) is 4. The Kier molecular flexibility index (Phi) is 5.94. The first-order chi connectivity index (χ1) is 7.67. The van der Waals surface area contributed by atoms with Gasteiger partial charge < -0.3 is 20.5 Å². The first kappa shape index (κ1) is 13.6. The van der Waals surface area contributed by atoms with E-state index in [-0.39, 0.29) is 30.0 Å². The minimum atomic E-state index is -0.185. The summed E-state index contributed by atoms with van der Waals surface area (Å²) in [5.41, 5.74) is 0. The summed E-state index contributed by atoms with van der Waals surface area (Å²) in [5, 5.41) is 14.8. The number of amides is 2. The SMILES string of the molecule is CSC(CO)C(C)NC(=O)NC1CCOC1. The lowest BCUT2D eigenvalue weighted by atomic mass is 10.2. The summed E-state index contributed by atoms with van der Waals surface area (Å²) in [6, 6.07) is -0.119. The summed E-state index contributed by atoms with van der Waals surface area (Å²) < 4.78 is 5.17. The van der Waals surface area contributed by atoms with E-state index >= 15 is 0 Å². The Morgan fingerprint density at radius 2 is 2.44 bits per heavy atom. The van der Waals surface area contributed by atoms with Gasteiger partial charge in [-0.2, -0.15) is 11.8 Å². The fraction of sp³-hybridized carbons (Fsp3) is 0.900. The smallest absolute Gasteiger partial charge is 0.315 e. The molecule has 0 saturated carbocycles. The van der Waals surface area contributed by atoms with Gasteiger partial charge in [-0.3, -0.25) is 0 Å². The summed E-state index contributed by atoms with van der Waals surface area (Å²) >= 11 is 1.55. The maximum Gasteiger partial charge on any atom is 0.315 e. The number of nitrogens with one attached hydrogen (secondary N) is 2. The van der Waals surface area contributed by atoms with Gasteiger partial charge in [0.15, 0.2) is 0 Å². The van der Waals surface area contributed by atoms with E-state index in [0.717, 1.165) is 6.42 Å². The highest BCUT2D eigenvalue weighted by Gasteiger charge is 2.21. The summed E-state index contributed by atoms with van der Waals surface area (Å²) in [4.78, 5) is 11.6. The number of carbonyl (C=O) groups is 1. The molecular weight excluding hydrogens is 228 g/mol. The zero-order valence-corrected chi connectivity index (χ0v) is 10.5. The summed E-state index contributed by atoms with van der Waals surface area (Å²) in [6.07, 6.45) is 2.79. The number of ether oxygens (including phenoxy) is 1. The molecule has 0 aromatic heterocycles. The predicted molar refractivity (Wildman–Crippen MR) is 64.7 cm³/mol. The van der Waals surface area contributed by atoms with Crippen molar-refractivity contribution in [2.75, 3.05) is 26.1 Å². The number of aliphatic hydroxyl groups excluding tert-OH is 1. The van der Waals surface area contributed by atoms with Crippen molar-refractivity contribution < 1.29 is 14.6 Å². The number of thioether (sulfide) groups is 1. The van der Waals surface area contributed by atoms with Crippen LogP contribution in [0, 0.1) is 0 Å². The molecule has 1 heterocycles. The van der Waals surface area contributed by atoms with Crippen molar-refractivity contribution in [3.05, 3.63) is 0 Å². The Bertz CT molecular complexity index is 218. The molecular formula is C10H20N2O3S. The van der Waals surface area contributed by atoms with E-state index in [0.29, 0.717) is 13.2 Å². The number of carbonyl (C=O) groups excluding carboxylic acids is 1. The van der Waals surface area contributed by atoms with E-state index in [1.165, 1.54) is 0 Å². The monoisotopic (exact) mass is 248 g/mol.